The maximum absolute atomic E-state index is 14.2. The molecule has 8 atom stereocenters. The summed E-state index contributed by atoms with van der Waals surface area (Å²) in [7, 11) is 0. The highest BCUT2D eigenvalue weighted by atomic mass is 32.2. The molecule has 0 aliphatic carbocycles. The first kappa shape index (κ1) is 27.0. The molecule has 3 fully saturated rings. The molecule has 36 heavy (non-hydrogen) atoms. The normalized spacial score (nSPS) is 32.8. The van der Waals surface area contributed by atoms with E-state index in [1.165, 1.54) is 0 Å². The lowest BCUT2D eigenvalue weighted by Crippen LogP contribution is -2.61. The summed E-state index contributed by atoms with van der Waals surface area (Å²) < 4.78 is -0.688. The number of rotatable bonds is 8. The van der Waals surface area contributed by atoms with Gasteiger partial charge in [0, 0.05) is 17.3 Å². The van der Waals surface area contributed by atoms with E-state index in [0.717, 1.165) is 18.4 Å². The average molecular weight is 516 g/mol. The number of aliphatic hydroxyl groups excluding tert-OH is 1. The number of likely N-dealkylation sites (tertiary alicyclic amines) is 1. The van der Waals surface area contributed by atoms with Gasteiger partial charge in [-0.05, 0) is 44.6 Å². The molecule has 3 saturated heterocycles. The standard InChI is InChI=1S/C28H41N3O4S/c1-7-16(2)19(15-32)31-23(25(34)30-27(4,5)6)28-17(3)13-20(36-28)21(22(28)26(31)35)24(33)29-14-18-11-9-8-10-12-18/h8-12,16-17,19-23,32H,7,13-15H2,1-6H3,(H,29,33)(H,30,34)/t16-,17?,19-,20+,21-,22-,23?,28?/m0/s1. The van der Waals surface area contributed by atoms with Crippen LogP contribution in [-0.2, 0) is 20.9 Å². The van der Waals surface area contributed by atoms with Gasteiger partial charge in [0.05, 0.1) is 29.2 Å². The van der Waals surface area contributed by atoms with Gasteiger partial charge >= 0.3 is 0 Å². The molecule has 3 N–H and O–H groups in total. The minimum atomic E-state index is -0.725. The first-order valence-electron chi connectivity index (χ1n) is 13.2. The van der Waals surface area contributed by atoms with Crippen molar-refractivity contribution in [2.75, 3.05) is 6.61 Å². The van der Waals surface area contributed by atoms with Crippen molar-refractivity contribution in [1.29, 1.82) is 0 Å². The van der Waals surface area contributed by atoms with Crippen molar-refractivity contribution in [3.8, 4) is 0 Å². The molecule has 3 aliphatic heterocycles. The van der Waals surface area contributed by atoms with Crippen LogP contribution in [0.4, 0.5) is 0 Å². The summed E-state index contributed by atoms with van der Waals surface area (Å²) in [6.07, 6.45) is 1.56. The summed E-state index contributed by atoms with van der Waals surface area (Å²) in [5.74, 6) is -1.44. The zero-order chi connectivity index (χ0) is 26.4. The summed E-state index contributed by atoms with van der Waals surface area (Å²) in [4.78, 5) is 43.4. The molecule has 1 aromatic carbocycles. The molecule has 0 aromatic heterocycles. The van der Waals surface area contributed by atoms with E-state index in [9.17, 15) is 19.5 Å². The van der Waals surface area contributed by atoms with Crippen molar-refractivity contribution < 1.29 is 19.5 Å². The van der Waals surface area contributed by atoms with Crippen LogP contribution in [0.1, 0.15) is 59.9 Å². The molecule has 0 radical (unpaired) electrons. The van der Waals surface area contributed by atoms with Gasteiger partial charge in [0.25, 0.3) is 0 Å². The molecule has 198 valence electrons. The fourth-order valence-electron chi connectivity index (χ4n) is 6.57. The number of nitrogens with zero attached hydrogens (tertiary/aromatic N) is 1. The van der Waals surface area contributed by atoms with E-state index in [1.807, 2.05) is 65.0 Å². The van der Waals surface area contributed by atoms with E-state index in [4.69, 9.17) is 0 Å². The van der Waals surface area contributed by atoms with E-state index in [1.54, 1.807) is 16.7 Å². The molecule has 2 bridgehead atoms. The van der Waals surface area contributed by atoms with Crippen LogP contribution in [-0.4, -0.2) is 62.0 Å². The molecule has 4 rings (SSSR count). The topological polar surface area (TPSA) is 98.7 Å². The van der Waals surface area contributed by atoms with Crippen LogP contribution in [0.25, 0.3) is 0 Å². The van der Waals surface area contributed by atoms with Crippen molar-refractivity contribution in [2.45, 2.75) is 88.5 Å². The third-order valence-electron chi connectivity index (χ3n) is 8.39. The number of fused-ring (bicyclic) bond motifs is 1. The summed E-state index contributed by atoms with van der Waals surface area (Å²) in [5, 5.41) is 16.6. The van der Waals surface area contributed by atoms with Crippen LogP contribution >= 0.6 is 11.8 Å². The third kappa shape index (κ3) is 4.44. The molecule has 8 heteroatoms. The Morgan fingerprint density at radius 3 is 2.47 bits per heavy atom. The summed E-state index contributed by atoms with van der Waals surface area (Å²) in [6.45, 7) is 12.1. The predicted octanol–water partition coefficient (Wildman–Crippen LogP) is 2.96. The van der Waals surface area contributed by atoms with Gasteiger partial charge in [-0.15, -0.1) is 11.8 Å². The van der Waals surface area contributed by atoms with Crippen molar-refractivity contribution in [3.63, 3.8) is 0 Å². The van der Waals surface area contributed by atoms with E-state index >= 15 is 0 Å². The van der Waals surface area contributed by atoms with Gasteiger partial charge in [0.2, 0.25) is 17.7 Å². The summed E-state index contributed by atoms with van der Waals surface area (Å²) in [6, 6.07) is 8.54. The van der Waals surface area contributed by atoms with Crippen molar-refractivity contribution in [2.24, 2.45) is 23.7 Å². The summed E-state index contributed by atoms with van der Waals surface area (Å²) in [5.41, 5.74) is 0.534. The van der Waals surface area contributed by atoms with E-state index in [2.05, 4.69) is 17.6 Å². The molecule has 7 nitrogen and oxygen atoms in total. The van der Waals surface area contributed by atoms with Crippen LogP contribution in [0.2, 0.25) is 0 Å². The molecule has 3 aliphatic rings. The molecule has 1 spiro atoms. The van der Waals surface area contributed by atoms with Crippen LogP contribution < -0.4 is 10.6 Å². The molecule has 3 heterocycles. The first-order chi connectivity index (χ1) is 17.0. The van der Waals surface area contributed by atoms with Crippen LogP contribution in [0.3, 0.4) is 0 Å². The van der Waals surface area contributed by atoms with Gasteiger partial charge < -0.3 is 20.6 Å². The number of thioether (sulfide) groups is 1. The highest BCUT2D eigenvalue weighted by molar-refractivity contribution is 8.02. The van der Waals surface area contributed by atoms with Gasteiger partial charge in [-0.3, -0.25) is 14.4 Å². The first-order valence-corrected chi connectivity index (χ1v) is 14.1. The van der Waals surface area contributed by atoms with Gasteiger partial charge in [0.1, 0.15) is 6.04 Å². The minimum Gasteiger partial charge on any atom is -0.394 e. The minimum absolute atomic E-state index is 0.00650. The Morgan fingerprint density at radius 1 is 1.22 bits per heavy atom. The number of hydrogen-bond acceptors (Lipinski definition) is 5. The zero-order valence-electron chi connectivity index (χ0n) is 22.3. The van der Waals surface area contributed by atoms with Crippen molar-refractivity contribution in [3.05, 3.63) is 35.9 Å². The van der Waals surface area contributed by atoms with Gasteiger partial charge in [-0.1, -0.05) is 57.5 Å². The number of hydrogen-bond donors (Lipinski definition) is 3. The van der Waals surface area contributed by atoms with Gasteiger partial charge in [0.15, 0.2) is 0 Å². The number of benzene rings is 1. The van der Waals surface area contributed by atoms with Crippen LogP contribution in [0, 0.1) is 23.7 Å². The Kier molecular flexibility index (Phi) is 7.50. The molecule has 0 saturated carbocycles. The largest absolute Gasteiger partial charge is 0.394 e. The zero-order valence-corrected chi connectivity index (χ0v) is 23.1. The number of carbonyl (C=O) groups is 3. The van der Waals surface area contributed by atoms with Crippen molar-refractivity contribution >= 4 is 29.5 Å². The number of aliphatic hydroxyl groups is 1. The van der Waals surface area contributed by atoms with Gasteiger partial charge in [-0.25, -0.2) is 0 Å². The lowest BCUT2D eigenvalue weighted by Gasteiger charge is -2.42. The lowest BCUT2D eigenvalue weighted by atomic mass is 9.65. The maximum Gasteiger partial charge on any atom is 0.244 e. The Hall–Kier alpha value is -2.06. The fraction of sp³-hybridized carbons (Fsp3) is 0.679. The second kappa shape index (κ2) is 10.0. The monoisotopic (exact) mass is 515 g/mol. The smallest absolute Gasteiger partial charge is 0.244 e. The quantitative estimate of drug-likeness (QED) is 0.495. The Morgan fingerprint density at radius 2 is 1.89 bits per heavy atom. The third-order valence-corrected chi connectivity index (χ3v) is 10.5. The number of nitrogens with one attached hydrogen (secondary N) is 2. The highest BCUT2D eigenvalue weighted by Gasteiger charge is 2.76. The number of amides is 3. The molecule has 3 amide bonds. The summed E-state index contributed by atoms with van der Waals surface area (Å²) >= 11 is 1.67. The average Bonchev–Trinajstić information content (AvgIpc) is 3.41. The molecule has 1 aromatic rings. The van der Waals surface area contributed by atoms with Gasteiger partial charge in [-0.2, -0.15) is 0 Å². The van der Waals surface area contributed by atoms with Crippen LogP contribution in [0.5, 0.6) is 0 Å². The second-order valence-corrected chi connectivity index (χ2v) is 13.4. The molecular formula is C28H41N3O4S. The Labute approximate surface area is 219 Å². The number of carbonyl (C=O) groups excluding carboxylic acids is 3. The SMILES string of the molecule is CC[C@H](C)[C@H](CO)N1C(=O)[C@@H]2[C@@H](C(=O)NCc3ccccc3)[C@H]3CC(C)C2(S3)C1C(=O)NC(C)(C)C. The molecular weight excluding hydrogens is 474 g/mol. The molecule has 3 unspecified atom stereocenters. The van der Waals surface area contributed by atoms with E-state index in [0.29, 0.717) is 6.54 Å². The van der Waals surface area contributed by atoms with E-state index in [-0.39, 0.29) is 41.4 Å². The highest BCUT2D eigenvalue weighted by Crippen LogP contribution is 2.68. The maximum atomic E-state index is 14.2. The second-order valence-electron chi connectivity index (χ2n) is 11.9. The Balaban J connectivity index is 1.72. The Bertz CT molecular complexity index is 996. The lowest BCUT2D eigenvalue weighted by molar-refractivity contribution is -0.144. The fourth-order valence-corrected chi connectivity index (χ4v) is 8.98. The van der Waals surface area contributed by atoms with E-state index < -0.39 is 34.2 Å². The predicted molar refractivity (Wildman–Crippen MR) is 142 cm³/mol. The van der Waals surface area contributed by atoms with Crippen LogP contribution in [0.15, 0.2) is 30.3 Å². The van der Waals surface area contributed by atoms with Crippen molar-refractivity contribution in [1.82, 2.24) is 15.5 Å².